The molecule has 4 rings (SSSR count). The number of carbonyl (C=O) groups excluding carboxylic acids is 1. The number of rotatable bonds is 7. The summed E-state index contributed by atoms with van der Waals surface area (Å²) >= 11 is 0. The maximum Gasteiger partial charge on any atom is 0.315 e. The number of aromatic nitrogens is 2. The van der Waals surface area contributed by atoms with Crippen molar-refractivity contribution >= 4 is 32.9 Å². The van der Waals surface area contributed by atoms with Crippen LogP contribution in [0.25, 0.3) is 33.5 Å². The van der Waals surface area contributed by atoms with Crippen LogP contribution in [0, 0.1) is 5.41 Å². The van der Waals surface area contributed by atoms with Gasteiger partial charge >= 0.3 is 5.97 Å². The lowest BCUT2D eigenvalue weighted by atomic mass is 9.81. The fourth-order valence-corrected chi connectivity index (χ4v) is 5.86. The first-order chi connectivity index (χ1) is 18.9. The maximum absolute atomic E-state index is 13.1. The molecule has 0 aliphatic rings. The van der Waals surface area contributed by atoms with Crippen LogP contribution in [0.5, 0.6) is 11.5 Å². The summed E-state index contributed by atoms with van der Waals surface area (Å²) in [5.41, 5.74) is 5.91. The summed E-state index contributed by atoms with van der Waals surface area (Å²) in [4.78, 5) is 20.3. The summed E-state index contributed by atoms with van der Waals surface area (Å²) in [5, 5.41) is 30.1. The molecule has 7 N–H and O–H groups in total. The highest BCUT2D eigenvalue weighted by Crippen LogP contribution is 2.45. The van der Waals surface area contributed by atoms with Crippen LogP contribution >= 0.6 is 0 Å². The number of imidazole rings is 1. The highest BCUT2D eigenvalue weighted by Gasteiger charge is 2.34. The van der Waals surface area contributed by atoms with Gasteiger partial charge in [-0.15, -0.1) is 0 Å². The number of hydrogen-bond donors (Lipinski definition) is 6. The minimum Gasteiger partial charge on any atom is -0.507 e. The zero-order valence-electron chi connectivity index (χ0n) is 23.6. The number of esters is 1. The number of carbonyl (C=O) groups is 1. The SMILES string of the molecule is COC(=O)C(C)(C)c1cc(-c2nc3cc(C(=N)N)ccc3[nH]2)c(O)c(-c2cc(S(=O)(=O)NC(C)(C)C)ccc2O)c1. The highest BCUT2D eigenvalue weighted by molar-refractivity contribution is 7.89. The molecule has 0 saturated heterocycles. The van der Waals surface area contributed by atoms with Crippen molar-refractivity contribution in [3.05, 3.63) is 59.7 Å². The van der Waals surface area contributed by atoms with E-state index in [0.29, 0.717) is 22.2 Å². The molecule has 0 unspecified atom stereocenters. The van der Waals surface area contributed by atoms with Gasteiger partial charge in [0.2, 0.25) is 10.0 Å². The normalized spacial score (nSPS) is 12.4. The van der Waals surface area contributed by atoms with E-state index < -0.39 is 26.9 Å². The maximum atomic E-state index is 13.1. The fraction of sp³-hybridized carbons (Fsp3) is 0.276. The number of benzene rings is 3. The van der Waals surface area contributed by atoms with E-state index in [1.165, 1.54) is 31.4 Å². The molecule has 0 fully saturated rings. The monoisotopic (exact) mass is 579 g/mol. The minimum absolute atomic E-state index is 0.0260. The number of nitrogens with one attached hydrogen (secondary N) is 3. The zero-order valence-corrected chi connectivity index (χ0v) is 24.4. The number of phenolic OH excluding ortho intramolecular Hbond substituents is 2. The molecule has 12 heteroatoms. The molecule has 0 spiro atoms. The van der Waals surface area contributed by atoms with E-state index in [4.69, 9.17) is 15.9 Å². The van der Waals surface area contributed by atoms with Crippen LogP contribution in [-0.2, 0) is 25.0 Å². The topological polar surface area (TPSA) is 191 Å². The number of H-pyrrole nitrogens is 1. The largest absolute Gasteiger partial charge is 0.507 e. The van der Waals surface area contributed by atoms with E-state index in [9.17, 15) is 23.4 Å². The van der Waals surface area contributed by atoms with E-state index in [-0.39, 0.29) is 44.7 Å². The van der Waals surface area contributed by atoms with Gasteiger partial charge in [0.25, 0.3) is 0 Å². The molecule has 4 aromatic rings. The van der Waals surface area contributed by atoms with Crippen LogP contribution in [0.1, 0.15) is 45.7 Å². The fourth-order valence-electron chi connectivity index (χ4n) is 4.42. The second-order valence-corrected chi connectivity index (χ2v) is 13.0. The van der Waals surface area contributed by atoms with Crippen LogP contribution in [-0.4, -0.2) is 53.1 Å². The van der Waals surface area contributed by atoms with Gasteiger partial charge in [0.05, 0.1) is 34.0 Å². The molecule has 11 nitrogen and oxygen atoms in total. The number of ether oxygens (including phenoxy) is 1. The van der Waals surface area contributed by atoms with E-state index in [0.717, 1.165) is 0 Å². The summed E-state index contributed by atoms with van der Waals surface area (Å²) in [6, 6.07) is 11.8. The molecular formula is C29H33N5O6S. The molecule has 0 atom stereocenters. The Balaban J connectivity index is 2.00. The third kappa shape index (κ3) is 5.74. The number of sulfonamides is 1. The summed E-state index contributed by atoms with van der Waals surface area (Å²) in [7, 11) is -2.72. The van der Waals surface area contributed by atoms with Crippen LogP contribution in [0.15, 0.2) is 53.4 Å². The third-order valence-corrected chi connectivity index (χ3v) is 8.34. The number of aromatic hydroxyl groups is 2. The Hall–Kier alpha value is -4.42. The number of aromatic amines is 1. The third-order valence-electron chi connectivity index (χ3n) is 6.59. The average molecular weight is 580 g/mol. The number of nitrogens with zero attached hydrogens (tertiary/aromatic N) is 1. The molecule has 1 heterocycles. The van der Waals surface area contributed by atoms with Crippen molar-refractivity contribution in [3.8, 4) is 34.0 Å². The van der Waals surface area contributed by atoms with Gasteiger partial charge in [0.1, 0.15) is 23.2 Å². The lowest BCUT2D eigenvalue weighted by Gasteiger charge is -2.24. The Morgan fingerprint density at radius 2 is 1.66 bits per heavy atom. The van der Waals surface area contributed by atoms with Gasteiger partial charge < -0.3 is 25.7 Å². The summed E-state index contributed by atoms with van der Waals surface area (Å²) < 4.78 is 33.8. The summed E-state index contributed by atoms with van der Waals surface area (Å²) in [6.45, 7) is 8.40. The van der Waals surface area contributed by atoms with E-state index in [2.05, 4.69) is 14.7 Å². The Labute approximate surface area is 238 Å². The van der Waals surface area contributed by atoms with Crippen molar-refractivity contribution in [3.63, 3.8) is 0 Å². The first kappa shape index (κ1) is 29.6. The molecule has 41 heavy (non-hydrogen) atoms. The minimum atomic E-state index is -3.99. The van der Waals surface area contributed by atoms with Crippen molar-refractivity contribution in [2.24, 2.45) is 5.73 Å². The first-order valence-electron chi connectivity index (χ1n) is 12.6. The van der Waals surface area contributed by atoms with Crippen molar-refractivity contribution in [2.45, 2.75) is 50.5 Å². The van der Waals surface area contributed by atoms with Crippen LogP contribution in [0.4, 0.5) is 0 Å². The number of nitrogens with two attached hydrogens (primary N) is 1. The van der Waals surface area contributed by atoms with E-state index in [1.807, 2.05) is 0 Å². The molecule has 0 radical (unpaired) electrons. The molecule has 0 aliphatic heterocycles. The molecule has 216 valence electrons. The lowest BCUT2D eigenvalue weighted by Crippen LogP contribution is -2.40. The van der Waals surface area contributed by atoms with Crippen LogP contribution in [0.2, 0.25) is 0 Å². The van der Waals surface area contributed by atoms with E-state index in [1.54, 1.807) is 58.9 Å². The zero-order chi connectivity index (χ0) is 30.5. The van der Waals surface area contributed by atoms with Crippen molar-refractivity contribution in [2.75, 3.05) is 7.11 Å². The molecular weight excluding hydrogens is 546 g/mol. The summed E-state index contributed by atoms with van der Waals surface area (Å²) in [6.07, 6.45) is 0. The molecule has 1 aromatic heterocycles. The molecule has 0 aliphatic carbocycles. The van der Waals surface area contributed by atoms with Crippen LogP contribution in [0.3, 0.4) is 0 Å². The van der Waals surface area contributed by atoms with Gasteiger partial charge in [-0.3, -0.25) is 10.2 Å². The molecule has 3 aromatic carbocycles. The number of phenols is 2. The second-order valence-electron chi connectivity index (χ2n) is 11.3. The van der Waals surface area contributed by atoms with Crippen molar-refractivity contribution < 1.29 is 28.2 Å². The Kier molecular flexibility index (Phi) is 7.35. The quantitative estimate of drug-likeness (QED) is 0.107. The van der Waals surface area contributed by atoms with E-state index >= 15 is 0 Å². The van der Waals surface area contributed by atoms with Crippen molar-refractivity contribution in [1.29, 1.82) is 5.41 Å². The van der Waals surface area contributed by atoms with Gasteiger partial charge in [0, 0.05) is 22.2 Å². The van der Waals surface area contributed by atoms with Gasteiger partial charge in [-0.2, -0.15) is 0 Å². The smallest absolute Gasteiger partial charge is 0.315 e. The average Bonchev–Trinajstić information content (AvgIpc) is 3.30. The molecule has 0 saturated carbocycles. The lowest BCUT2D eigenvalue weighted by molar-refractivity contribution is -0.146. The number of methoxy groups -OCH3 is 1. The Morgan fingerprint density at radius 1 is 1.00 bits per heavy atom. The Morgan fingerprint density at radius 3 is 2.27 bits per heavy atom. The highest BCUT2D eigenvalue weighted by atomic mass is 32.2. The molecule has 0 bridgehead atoms. The van der Waals surface area contributed by atoms with Crippen LogP contribution < -0.4 is 10.5 Å². The number of hydrogen-bond acceptors (Lipinski definition) is 8. The van der Waals surface area contributed by atoms with Gasteiger partial charge in [0.15, 0.2) is 0 Å². The number of amidine groups is 1. The van der Waals surface area contributed by atoms with Crippen molar-refractivity contribution in [1.82, 2.24) is 14.7 Å². The Bertz CT molecular complexity index is 1800. The second kappa shape index (κ2) is 10.2. The van der Waals surface area contributed by atoms with Gasteiger partial charge in [-0.25, -0.2) is 18.1 Å². The number of nitrogen functional groups attached to an aromatic ring is 1. The molecule has 0 amide bonds. The van der Waals surface area contributed by atoms with Gasteiger partial charge in [-0.1, -0.05) is 0 Å². The predicted molar refractivity (Wildman–Crippen MR) is 156 cm³/mol. The summed E-state index contributed by atoms with van der Waals surface area (Å²) in [5.74, 6) is -1.04. The first-order valence-corrected chi connectivity index (χ1v) is 14.1. The predicted octanol–water partition coefficient (Wildman–Crippen LogP) is 4.12. The standard InChI is InChI=1S/C29H33N5O6S/c1-28(2,3)34-41(38,39)17-8-10-23(35)18(14-17)19-12-16(29(4,5)27(37)40-6)13-20(24(19)36)26-32-21-9-7-15(25(30)31)11-22(21)33-26/h7-14,34-36H,1-6H3,(H3,30,31)(H,32,33). The number of fused-ring (bicyclic) bond motifs is 1. The van der Waals surface area contributed by atoms with Gasteiger partial charge in [-0.05, 0) is 88.7 Å².